The van der Waals surface area contributed by atoms with E-state index in [4.69, 9.17) is 10.00 Å². The van der Waals surface area contributed by atoms with Crippen LogP contribution in [-0.2, 0) is 11.3 Å². The van der Waals surface area contributed by atoms with E-state index in [1.807, 2.05) is 18.2 Å². The van der Waals surface area contributed by atoms with Crippen molar-refractivity contribution in [3.8, 4) is 6.07 Å². The first-order valence-electron chi connectivity index (χ1n) is 6.47. The van der Waals surface area contributed by atoms with Crippen molar-refractivity contribution in [1.82, 2.24) is 4.57 Å². The predicted octanol–water partition coefficient (Wildman–Crippen LogP) is 3.08. The molecule has 92 valence electrons. The number of aryl methyl sites for hydroxylation is 1. The van der Waals surface area contributed by atoms with E-state index >= 15 is 0 Å². The number of fused-ring (bicyclic) bond motifs is 1. The summed E-state index contributed by atoms with van der Waals surface area (Å²) in [5.41, 5.74) is 1.92. The number of hydrogen-bond donors (Lipinski definition) is 0. The maximum absolute atomic E-state index is 8.88. The Hall–Kier alpha value is -1.79. The summed E-state index contributed by atoms with van der Waals surface area (Å²) in [5, 5.41) is 10.0. The third kappa shape index (κ3) is 2.12. The molecule has 0 spiro atoms. The molecule has 1 aromatic carbocycles. The van der Waals surface area contributed by atoms with E-state index in [1.165, 1.54) is 18.4 Å². The lowest BCUT2D eigenvalue weighted by molar-refractivity contribution is 0.101. The molecule has 3 heteroatoms. The number of benzene rings is 1. The van der Waals surface area contributed by atoms with E-state index < -0.39 is 0 Å². The monoisotopic (exact) mass is 240 g/mol. The summed E-state index contributed by atoms with van der Waals surface area (Å²) < 4.78 is 7.89. The van der Waals surface area contributed by atoms with Crippen LogP contribution in [0.4, 0.5) is 0 Å². The Kier molecular flexibility index (Phi) is 3.04. The molecule has 2 aromatic rings. The Morgan fingerprint density at radius 3 is 3.11 bits per heavy atom. The van der Waals surface area contributed by atoms with Crippen LogP contribution < -0.4 is 0 Å². The van der Waals surface area contributed by atoms with Gasteiger partial charge >= 0.3 is 0 Å². The number of ether oxygens (including phenoxy) is 1. The van der Waals surface area contributed by atoms with Crippen LogP contribution >= 0.6 is 0 Å². The first-order chi connectivity index (χ1) is 8.86. The summed E-state index contributed by atoms with van der Waals surface area (Å²) in [6.07, 6.45) is 5.99. The van der Waals surface area contributed by atoms with Gasteiger partial charge in [0.05, 0.1) is 17.7 Å². The Morgan fingerprint density at radius 2 is 2.33 bits per heavy atom. The van der Waals surface area contributed by atoms with Gasteiger partial charge in [0, 0.05) is 30.3 Å². The van der Waals surface area contributed by atoms with Gasteiger partial charge in [0.1, 0.15) is 0 Å². The number of aromatic nitrogens is 1. The lowest BCUT2D eigenvalue weighted by Gasteiger charge is -2.10. The van der Waals surface area contributed by atoms with Crippen molar-refractivity contribution in [1.29, 1.82) is 5.26 Å². The molecule has 0 amide bonds. The van der Waals surface area contributed by atoms with E-state index in [1.54, 1.807) is 0 Å². The van der Waals surface area contributed by atoms with E-state index in [0.29, 0.717) is 6.10 Å². The molecule has 18 heavy (non-hydrogen) atoms. The first kappa shape index (κ1) is 11.3. The third-order valence-electron chi connectivity index (χ3n) is 3.62. The van der Waals surface area contributed by atoms with Crippen LogP contribution in [0.3, 0.4) is 0 Å². The van der Waals surface area contributed by atoms with Crippen molar-refractivity contribution in [3.63, 3.8) is 0 Å². The van der Waals surface area contributed by atoms with Gasteiger partial charge in [0.2, 0.25) is 0 Å². The number of hydrogen-bond acceptors (Lipinski definition) is 2. The maximum atomic E-state index is 8.88. The highest BCUT2D eigenvalue weighted by atomic mass is 16.5. The second-order valence-electron chi connectivity index (χ2n) is 4.82. The molecule has 0 N–H and O–H groups in total. The highest BCUT2D eigenvalue weighted by Crippen LogP contribution is 2.20. The summed E-state index contributed by atoms with van der Waals surface area (Å²) in [4.78, 5) is 0. The van der Waals surface area contributed by atoms with Gasteiger partial charge in [-0.1, -0.05) is 0 Å². The van der Waals surface area contributed by atoms with Gasteiger partial charge in [0.15, 0.2) is 0 Å². The van der Waals surface area contributed by atoms with Crippen LogP contribution in [0.1, 0.15) is 24.8 Å². The van der Waals surface area contributed by atoms with Gasteiger partial charge in [-0.25, -0.2) is 0 Å². The van der Waals surface area contributed by atoms with Gasteiger partial charge in [-0.05, 0) is 43.5 Å². The molecule has 3 nitrogen and oxygen atoms in total. The van der Waals surface area contributed by atoms with E-state index in [9.17, 15) is 0 Å². The molecule has 1 atom stereocenters. The van der Waals surface area contributed by atoms with E-state index in [0.717, 1.165) is 30.5 Å². The molecule has 0 radical (unpaired) electrons. The fourth-order valence-corrected chi connectivity index (χ4v) is 2.62. The minimum Gasteiger partial charge on any atom is -0.378 e. The summed E-state index contributed by atoms with van der Waals surface area (Å²) in [7, 11) is 0. The van der Waals surface area contributed by atoms with Crippen LogP contribution in [-0.4, -0.2) is 17.3 Å². The fraction of sp³-hybridized carbons (Fsp3) is 0.400. The first-order valence-corrected chi connectivity index (χ1v) is 6.47. The Bertz CT molecular complexity index is 588. The van der Waals surface area contributed by atoms with E-state index in [-0.39, 0.29) is 0 Å². The molecule has 1 aliphatic heterocycles. The van der Waals surface area contributed by atoms with Crippen molar-refractivity contribution in [2.45, 2.75) is 31.9 Å². The van der Waals surface area contributed by atoms with Crippen molar-refractivity contribution in [3.05, 3.63) is 36.0 Å². The third-order valence-corrected chi connectivity index (χ3v) is 3.62. The van der Waals surface area contributed by atoms with Gasteiger partial charge < -0.3 is 9.30 Å². The number of nitriles is 1. The summed E-state index contributed by atoms with van der Waals surface area (Å²) in [5.74, 6) is 0. The largest absolute Gasteiger partial charge is 0.378 e. The Labute approximate surface area is 107 Å². The average Bonchev–Trinajstić information content (AvgIpc) is 3.05. The van der Waals surface area contributed by atoms with Crippen molar-refractivity contribution >= 4 is 10.9 Å². The molecule has 1 unspecified atom stereocenters. The van der Waals surface area contributed by atoms with Gasteiger partial charge in [-0.2, -0.15) is 5.26 Å². The zero-order chi connectivity index (χ0) is 12.4. The van der Waals surface area contributed by atoms with Gasteiger partial charge in [0.25, 0.3) is 0 Å². The molecule has 1 fully saturated rings. The van der Waals surface area contributed by atoms with Crippen molar-refractivity contribution in [2.24, 2.45) is 0 Å². The van der Waals surface area contributed by atoms with Crippen molar-refractivity contribution < 1.29 is 4.74 Å². The molecule has 2 heterocycles. The quantitative estimate of drug-likeness (QED) is 0.826. The minimum atomic E-state index is 0.431. The highest BCUT2D eigenvalue weighted by Gasteiger charge is 2.15. The summed E-state index contributed by atoms with van der Waals surface area (Å²) in [6.45, 7) is 1.91. The van der Waals surface area contributed by atoms with Crippen molar-refractivity contribution in [2.75, 3.05) is 6.61 Å². The van der Waals surface area contributed by atoms with Crippen LogP contribution in [0.15, 0.2) is 30.5 Å². The Morgan fingerprint density at radius 1 is 1.39 bits per heavy atom. The average molecular weight is 240 g/mol. The van der Waals surface area contributed by atoms with Gasteiger partial charge in [-0.3, -0.25) is 0 Å². The maximum Gasteiger partial charge on any atom is 0.0991 e. The molecule has 1 aliphatic rings. The zero-order valence-corrected chi connectivity index (χ0v) is 10.3. The Balaban J connectivity index is 1.78. The topological polar surface area (TPSA) is 38.0 Å². The van der Waals surface area contributed by atoms with Crippen LogP contribution in [0, 0.1) is 11.3 Å². The molecule has 1 aromatic heterocycles. The van der Waals surface area contributed by atoms with Crippen LogP contribution in [0.5, 0.6) is 0 Å². The van der Waals surface area contributed by atoms with Crippen LogP contribution in [0.25, 0.3) is 10.9 Å². The normalized spacial score (nSPS) is 19.2. The molecule has 1 saturated heterocycles. The minimum absolute atomic E-state index is 0.431. The number of rotatable bonds is 3. The molecular weight excluding hydrogens is 224 g/mol. The SMILES string of the molecule is N#Cc1ccc2c(ccn2CCC2CCCO2)c1. The standard InChI is InChI=1S/C15H16N2O/c16-11-12-3-4-15-13(10-12)5-7-17(15)8-6-14-2-1-9-18-14/h3-5,7,10,14H,1-2,6,8-9H2. The van der Waals surface area contributed by atoms with Crippen LogP contribution in [0.2, 0.25) is 0 Å². The predicted molar refractivity (Wildman–Crippen MR) is 70.2 cm³/mol. The highest BCUT2D eigenvalue weighted by molar-refractivity contribution is 5.81. The lowest BCUT2D eigenvalue weighted by Crippen LogP contribution is -2.09. The second-order valence-corrected chi connectivity index (χ2v) is 4.82. The molecule has 0 bridgehead atoms. The van der Waals surface area contributed by atoms with Gasteiger partial charge in [-0.15, -0.1) is 0 Å². The van der Waals surface area contributed by atoms with E-state index in [2.05, 4.69) is 22.9 Å². The second kappa shape index (κ2) is 4.83. The summed E-state index contributed by atoms with van der Waals surface area (Å²) >= 11 is 0. The summed E-state index contributed by atoms with van der Waals surface area (Å²) in [6, 6.07) is 10.1. The zero-order valence-electron chi connectivity index (χ0n) is 10.3. The lowest BCUT2D eigenvalue weighted by atomic mass is 10.1. The molecule has 0 saturated carbocycles. The molecular formula is C15H16N2O. The number of nitrogens with zero attached hydrogens (tertiary/aromatic N) is 2. The fourth-order valence-electron chi connectivity index (χ4n) is 2.62. The molecule has 3 rings (SSSR count). The smallest absolute Gasteiger partial charge is 0.0991 e. The molecule has 0 aliphatic carbocycles.